The largest absolute Gasteiger partial charge is 0.361 e. The summed E-state index contributed by atoms with van der Waals surface area (Å²) < 4.78 is 15.5. The predicted octanol–water partition coefficient (Wildman–Crippen LogP) is 5.79. The van der Waals surface area contributed by atoms with Crippen LogP contribution < -0.4 is 0 Å². The number of hydrogen-bond acceptors (Lipinski definition) is 2. The first kappa shape index (κ1) is 18.7. The highest BCUT2D eigenvalue weighted by atomic mass is 19.1. The average molecular weight is 404 g/mol. The van der Waals surface area contributed by atoms with Crippen molar-refractivity contribution in [3.05, 3.63) is 108 Å². The van der Waals surface area contributed by atoms with Crippen molar-refractivity contribution in [3.8, 4) is 12.1 Å². The van der Waals surface area contributed by atoms with Crippen molar-refractivity contribution in [3.63, 3.8) is 0 Å². The van der Waals surface area contributed by atoms with E-state index in [1.54, 1.807) is 30.6 Å². The van der Waals surface area contributed by atoms with E-state index < -0.39 is 17.2 Å². The van der Waals surface area contributed by atoms with Crippen LogP contribution in [0.1, 0.15) is 16.7 Å². The van der Waals surface area contributed by atoms with Gasteiger partial charge in [-0.25, -0.2) is 4.39 Å². The molecule has 4 nitrogen and oxygen atoms in total. The number of fused-ring (bicyclic) bond motifs is 2. The summed E-state index contributed by atoms with van der Waals surface area (Å²) in [6.07, 6.45) is 3.58. The van der Waals surface area contributed by atoms with Gasteiger partial charge in [0, 0.05) is 39.8 Å². The number of H-pyrrole nitrogens is 2. The molecule has 148 valence electrons. The van der Waals surface area contributed by atoms with Gasteiger partial charge in [0.05, 0.1) is 17.6 Å². The first-order valence-electron chi connectivity index (χ1n) is 9.89. The van der Waals surface area contributed by atoms with Gasteiger partial charge in [-0.15, -0.1) is 0 Å². The number of para-hydroxylation sites is 2. The van der Waals surface area contributed by atoms with E-state index in [4.69, 9.17) is 0 Å². The zero-order valence-corrected chi connectivity index (χ0v) is 16.4. The fourth-order valence-corrected chi connectivity index (χ4v) is 4.70. The molecule has 0 radical (unpaired) electrons. The quantitative estimate of drug-likeness (QED) is 0.398. The number of aromatic nitrogens is 2. The van der Waals surface area contributed by atoms with Crippen LogP contribution in [0, 0.1) is 34.4 Å². The maximum absolute atomic E-state index is 15.5. The van der Waals surface area contributed by atoms with Crippen molar-refractivity contribution in [1.82, 2.24) is 9.97 Å². The Bertz CT molecular complexity index is 1410. The summed E-state index contributed by atoms with van der Waals surface area (Å²) in [5.41, 5.74) is 2.02. The van der Waals surface area contributed by atoms with Crippen molar-refractivity contribution >= 4 is 21.8 Å². The Labute approximate surface area is 178 Å². The lowest BCUT2D eigenvalue weighted by Crippen LogP contribution is -2.37. The second kappa shape index (κ2) is 7.16. The molecule has 0 unspecified atom stereocenters. The molecule has 0 aliphatic heterocycles. The number of aromatic amines is 2. The van der Waals surface area contributed by atoms with Crippen molar-refractivity contribution in [1.29, 1.82) is 10.5 Å². The van der Waals surface area contributed by atoms with Gasteiger partial charge in [0.25, 0.3) is 0 Å². The minimum absolute atomic E-state index is 0.289. The summed E-state index contributed by atoms with van der Waals surface area (Å²) in [5.74, 6) is -1.64. The zero-order valence-electron chi connectivity index (χ0n) is 16.4. The molecule has 5 heteroatoms. The fraction of sp³-hybridized carbons (Fsp3) is 0.0769. The predicted molar refractivity (Wildman–Crippen MR) is 118 cm³/mol. The number of nitriles is 2. The highest BCUT2D eigenvalue weighted by Gasteiger charge is 2.49. The SMILES string of the molecule is N#CC(C#N)C(c1ccccc1F)(c1c[nH]c2ccccc12)c1c[nH]c2ccccc12. The molecule has 0 aliphatic carbocycles. The Morgan fingerprint density at radius 2 is 1.16 bits per heavy atom. The van der Waals surface area contributed by atoms with Crippen molar-refractivity contribution in [2.45, 2.75) is 5.41 Å². The van der Waals surface area contributed by atoms with E-state index in [0.29, 0.717) is 11.1 Å². The third-order valence-corrected chi connectivity index (χ3v) is 6.02. The Hall–Kier alpha value is -4.35. The minimum atomic E-state index is -1.35. The van der Waals surface area contributed by atoms with Gasteiger partial charge in [0.1, 0.15) is 5.82 Å². The van der Waals surface area contributed by atoms with E-state index in [-0.39, 0.29) is 5.56 Å². The minimum Gasteiger partial charge on any atom is -0.361 e. The van der Waals surface area contributed by atoms with Gasteiger partial charge in [-0.05, 0) is 29.3 Å². The van der Waals surface area contributed by atoms with Gasteiger partial charge in [-0.1, -0.05) is 54.6 Å². The van der Waals surface area contributed by atoms with Crippen LogP contribution in [0.15, 0.2) is 85.2 Å². The highest BCUT2D eigenvalue weighted by molar-refractivity contribution is 5.91. The summed E-state index contributed by atoms with van der Waals surface area (Å²) >= 11 is 0. The van der Waals surface area contributed by atoms with Gasteiger partial charge in [-0.3, -0.25) is 0 Å². The van der Waals surface area contributed by atoms with Crippen LogP contribution in [0.25, 0.3) is 21.8 Å². The van der Waals surface area contributed by atoms with E-state index in [0.717, 1.165) is 21.8 Å². The average Bonchev–Trinajstić information content (AvgIpc) is 3.43. The van der Waals surface area contributed by atoms with Gasteiger partial charge in [0.2, 0.25) is 0 Å². The molecule has 0 saturated heterocycles. The van der Waals surface area contributed by atoms with Crippen LogP contribution in [-0.2, 0) is 5.41 Å². The molecule has 2 N–H and O–H groups in total. The van der Waals surface area contributed by atoms with Crippen molar-refractivity contribution in [2.24, 2.45) is 5.92 Å². The lowest BCUT2D eigenvalue weighted by molar-refractivity contribution is 0.503. The number of nitrogens with one attached hydrogen (secondary N) is 2. The fourth-order valence-electron chi connectivity index (χ4n) is 4.70. The smallest absolute Gasteiger partial charge is 0.151 e. The Morgan fingerprint density at radius 3 is 1.68 bits per heavy atom. The molecule has 0 atom stereocenters. The number of hydrogen-bond donors (Lipinski definition) is 2. The van der Waals surface area contributed by atoms with E-state index in [2.05, 4.69) is 22.1 Å². The third-order valence-electron chi connectivity index (χ3n) is 6.02. The van der Waals surface area contributed by atoms with Crippen LogP contribution in [0.4, 0.5) is 4.39 Å². The summed E-state index contributed by atoms with van der Waals surface area (Å²) in [7, 11) is 0. The van der Waals surface area contributed by atoms with Gasteiger partial charge < -0.3 is 9.97 Å². The normalized spacial score (nSPS) is 11.6. The Kier molecular flexibility index (Phi) is 4.31. The molecular formula is C26H17FN4. The van der Waals surface area contributed by atoms with Gasteiger partial charge >= 0.3 is 0 Å². The number of benzene rings is 3. The number of nitrogens with zero attached hydrogens (tertiary/aromatic N) is 2. The summed E-state index contributed by atoms with van der Waals surface area (Å²) in [6.45, 7) is 0. The van der Waals surface area contributed by atoms with E-state index in [1.165, 1.54) is 6.07 Å². The molecule has 2 aromatic heterocycles. The molecule has 31 heavy (non-hydrogen) atoms. The van der Waals surface area contributed by atoms with Crippen LogP contribution in [0.5, 0.6) is 0 Å². The molecule has 3 aromatic carbocycles. The molecule has 2 heterocycles. The molecule has 0 spiro atoms. The molecule has 0 fully saturated rings. The van der Waals surface area contributed by atoms with E-state index in [1.807, 2.05) is 48.5 Å². The van der Waals surface area contributed by atoms with Crippen LogP contribution >= 0.6 is 0 Å². The maximum Gasteiger partial charge on any atom is 0.151 e. The second-order valence-electron chi connectivity index (χ2n) is 7.47. The lowest BCUT2D eigenvalue weighted by atomic mass is 9.62. The Balaban J connectivity index is 2.03. The van der Waals surface area contributed by atoms with Crippen LogP contribution in [0.3, 0.4) is 0 Å². The van der Waals surface area contributed by atoms with Gasteiger partial charge in [-0.2, -0.15) is 10.5 Å². The maximum atomic E-state index is 15.5. The third kappa shape index (κ3) is 2.57. The molecular weight excluding hydrogens is 387 g/mol. The summed E-state index contributed by atoms with van der Waals surface area (Å²) in [6, 6.07) is 26.0. The first-order valence-corrected chi connectivity index (χ1v) is 9.89. The molecule has 0 saturated carbocycles. The standard InChI is InChI=1S/C26H17FN4/c27-23-10-4-3-9-20(23)26(17(13-28)14-29,21-15-30-24-11-5-1-7-18(21)24)22-16-31-25-12-6-2-8-19(22)25/h1-12,15-17,30-31H. The molecule has 0 aliphatic rings. The van der Waals surface area contributed by atoms with Crippen molar-refractivity contribution in [2.75, 3.05) is 0 Å². The molecule has 5 rings (SSSR count). The van der Waals surface area contributed by atoms with Gasteiger partial charge in [0.15, 0.2) is 5.92 Å². The van der Waals surface area contributed by atoms with E-state index in [9.17, 15) is 10.5 Å². The highest BCUT2D eigenvalue weighted by Crippen LogP contribution is 2.50. The molecule has 5 aromatic rings. The van der Waals surface area contributed by atoms with Crippen molar-refractivity contribution < 1.29 is 4.39 Å². The lowest BCUT2D eigenvalue weighted by Gasteiger charge is -2.36. The Morgan fingerprint density at radius 1 is 0.677 bits per heavy atom. The van der Waals surface area contributed by atoms with Crippen LogP contribution in [0.2, 0.25) is 0 Å². The zero-order chi connectivity index (χ0) is 21.4. The first-order chi connectivity index (χ1) is 15.2. The number of halogens is 1. The van der Waals surface area contributed by atoms with E-state index >= 15 is 4.39 Å². The van der Waals surface area contributed by atoms with Crippen LogP contribution in [-0.4, -0.2) is 9.97 Å². The monoisotopic (exact) mass is 404 g/mol. The number of rotatable bonds is 4. The second-order valence-corrected chi connectivity index (χ2v) is 7.47. The molecule has 0 amide bonds. The topological polar surface area (TPSA) is 79.2 Å². The molecule has 0 bridgehead atoms. The summed E-state index contributed by atoms with van der Waals surface area (Å²) in [4.78, 5) is 6.49. The summed E-state index contributed by atoms with van der Waals surface area (Å²) in [5, 5.41) is 22.0.